The summed E-state index contributed by atoms with van der Waals surface area (Å²) in [5, 5.41) is 8.86. The molecule has 18 heavy (non-hydrogen) atoms. The van der Waals surface area contributed by atoms with E-state index >= 15 is 0 Å². The van der Waals surface area contributed by atoms with Gasteiger partial charge in [-0.1, -0.05) is 0 Å². The second-order valence-corrected chi connectivity index (χ2v) is 3.41. The minimum absolute atomic E-state index is 0.131. The van der Waals surface area contributed by atoms with Gasteiger partial charge in [-0.2, -0.15) is 0 Å². The van der Waals surface area contributed by atoms with Gasteiger partial charge in [-0.15, -0.1) is 0 Å². The molecule has 0 unspecified atom stereocenters. The Hall–Kier alpha value is -2.11. The van der Waals surface area contributed by atoms with Crippen molar-refractivity contribution in [2.75, 3.05) is 13.2 Å². The molecule has 0 bridgehead atoms. The molecule has 0 amide bonds. The number of pyridine rings is 1. The van der Waals surface area contributed by atoms with Crippen molar-refractivity contribution in [3.8, 4) is 5.75 Å². The first-order valence-electron chi connectivity index (χ1n) is 5.62. The SMILES string of the molecule is CCOC(=O)CCCOc1cccnc1C(=O)O. The van der Waals surface area contributed by atoms with E-state index in [1.807, 2.05) is 0 Å². The highest BCUT2D eigenvalue weighted by Gasteiger charge is 2.12. The van der Waals surface area contributed by atoms with E-state index in [2.05, 4.69) is 4.98 Å². The molecule has 6 nitrogen and oxygen atoms in total. The quantitative estimate of drug-likeness (QED) is 0.585. The molecule has 6 heteroatoms. The van der Waals surface area contributed by atoms with Crippen LogP contribution >= 0.6 is 0 Å². The van der Waals surface area contributed by atoms with Crippen molar-refractivity contribution < 1.29 is 24.2 Å². The standard InChI is InChI=1S/C12H15NO5/c1-2-17-10(14)6-4-8-18-9-5-3-7-13-11(9)12(15)16/h3,5,7H,2,4,6,8H2,1H3,(H,15,16). The summed E-state index contributed by atoms with van der Waals surface area (Å²) >= 11 is 0. The molecule has 1 N–H and O–H groups in total. The third-order valence-corrected chi connectivity index (χ3v) is 2.06. The second-order valence-electron chi connectivity index (χ2n) is 3.41. The lowest BCUT2D eigenvalue weighted by Crippen LogP contribution is -2.09. The number of carboxylic acid groups (broad SMARTS) is 1. The number of carboxylic acids is 1. The van der Waals surface area contributed by atoms with E-state index in [1.165, 1.54) is 12.3 Å². The Morgan fingerprint density at radius 2 is 2.22 bits per heavy atom. The number of carbonyl (C=O) groups excluding carboxylic acids is 1. The molecule has 0 atom stereocenters. The van der Waals surface area contributed by atoms with Gasteiger partial charge in [-0.25, -0.2) is 9.78 Å². The fraction of sp³-hybridized carbons (Fsp3) is 0.417. The van der Waals surface area contributed by atoms with Crippen LogP contribution in [0.15, 0.2) is 18.3 Å². The lowest BCUT2D eigenvalue weighted by molar-refractivity contribution is -0.143. The summed E-state index contributed by atoms with van der Waals surface area (Å²) in [5.41, 5.74) is -0.131. The molecule has 1 aromatic rings. The van der Waals surface area contributed by atoms with Crippen LogP contribution in [0.25, 0.3) is 0 Å². The number of esters is 1. The normalized spacial score (nSPS) is 9.83. The van der Waals surface area contributed by atoms with Crippen LogP contribution in [0.1, 0.15) is 30.3 Å². The van der Waals surface area contributed by atoms with Gasteiger partial charge >= 0.3 is 11.9 Å². The first kappa shape index (κ1) is 14.0. The van der Waals surface area contributed by atoms with Gasteiger partial charge in [0.15, 0.2) is 11.4 Å². The zero-order valence-corrected chi connectivity index (χ0v) is 10.1. The molecule has 0 aliphatic carbocycles. The van der Waals surface area contributed by atoms with Crippen LogP contribution in [0, 0.1) is 0 Å². The van der Waals surface area contributed by atoms with Crippen molar-refractivity contribution in [1.82, 2.24) is 4.98 Å². The number of ether oxygens (including phenoxy) is 2. The molecule has 0 spiro atoms. The fourth-order valence-corrected chi connectivity index (χ4v) is 1.30. The summed E-state index contributed by atoms with van der Waals surface area (Å²) in [6.45, 7) is 2.33. The number of aromatic nitrogens is 1. The van der Waals surface area contributed by atoms with E-state index in [1.54, 1.807) is 13.0 Å². The topological polar surface area (TPSA) is 85.7 Å². The van der Waals surface area contributed by atoms with Crippen LogP contribution in [0.4, 0.5) is 0 Å². The minimum atomic E-state index is -1.14. The van der Waals surface area contributed by atoms with Crippen LogP contribution in [-0.4, -0.2) is 35.2 Å². The van der Waals surface area contributed by atoms with Crippen molar-refractivity contribution in [1.29, 1.82) is 0 Å². The maximum absolute atomic E-state index is 11.0. The van der Waals surface area contributed by atoms with Gasteiger partial charge in [0.1, 0.15) is 0 Å². The highest BCUT2D eigenvalue weighted by molar-refractivity contribution is 5.88. The van der Waals surface area contributed by atoms with Gasteiger partial charge in [0.25, 0.3) is 0 Å². The largest absolute Gasteiger partial charge is 0.491 e. The van der Waals surface area contributed by atoms with Crippen LogP contribution in [-0.2, 0) is 9.53 Å². The molecule has 0 aromatic carbocycles. The molecule has 0 saturated carbocycles. The van der Waals surface area contributed by atoms with E-state index in [4.69, 9.17) is 14.6 Å². The summed E-state index contributed by atoms with van der Waals surface area (Å²) < 4.78 is 10.0. The summed E-state index contributed by atoms with van der Waals surface area (Å²) in [6.07, 6.45) is 2.10. The Kier molecular flexibility index (Phi) is 5.63. The molecule has 1 aromatic heterocycles. The van der Waals surface area contributed by atoms with Crippen LogP contribution in [0.5, 0.6) is 5.75 Å². The third-order valence-electron chi connectivity index (χ3n) is 2.06. The average molecular weight is 253 g/mol. The van der Waals surface area contributed by atoms with E-state index in [-0.39, 0.29) is 30.4 Å². The summed E-state index contributed by atoms with van der Waals surface area (Å²) in [7, 11) is 0. The molecule has 0 aliphatic heterocycles. The highest BCUT2D eigenvalue weighted by Crippen LogP contribution is 2.15. The highest BCUT2D eigenvalue weighted by atomic mass is 16.5. The monoisotopic (exact) mass is 253 g/mol. The van der Waals surface area contributed by atoms with Gasteiger partial charge in [-0.3, -0.25) is 4.79 Å². The van der Waals surface area contributed by atoms with Crippen molar-refractivity contribution in [2.24, 2.45) is 0 Å². The summed E-state index contributed by atoms with van der Waals surface area (Å²) in [5.74, 6) is -1.23. The Balaban J connectivity index is 2.40. The first-order valence-corrected chi connectivity index (χ1v) is 5.62. The summed E-state index contributed by atoms with van der Waals surface area (Å²) in [6, 6.07) is 3.12. The van der Waals surface area contributed by atoms with Crippen LogP contribution in [0.2, 0.25) is 0 Å². The Morgan fingerprint density at radius 1 is 1.44 bits per heavy atom. The number of nitrogens with zero attached hydrogens (tertiary/aromatic N) is 1. The maximum atomic E-state index is 11.0. The fourth-order valence-electron chi connectivity index (χ4n) is 1.30. The Labute approximate surface area is 105 Å². The molecule has 0 saturated heterocycles. The van der Waals surface area contributed by atoms with Crippen LogP contribution in [0.3, 0.4) is 0 Å². The lowest BCUT2D eigenvalue weighted by atomic mass is 10.3. The van der Waals surface area contributed by atoms with E-state index in [0.29, 0.717) is 13.0 Å². The lowest BCUT2D eigenvalue weighted by Gasteiger charge is -2.07. The molecular weight excluding hydrogens is 238 g/mol. The zero-order chi connectivity index (χ0) is 13.4. The predicted octanol–water partition coefficient (Wildman–Crippen LogP) is 1.50. The number of carbonyl (C=O) groups is 2. The molecule has 1 rings (SSSR count). The van der Waals surface area contributed by atoms with Gasteiger partial charge in [0, 0.05) is 12.6 Å². The molecule has 1 heterocycles. The number of rotatable bonds is 7. The van der Waals surface area contributed by atoms with Crippen LogP contribution < -0.4 is 4.74 Å². The van der Waals surface area contributed by atoms with Gasteiger partial charge in [0.2, 0.25) is 0 Å². The van der Waals surface area contributed by atoms with Gasteiger partial charge in [0.05, 0.1) is 13.2 Å². The smallest absolute Gasteiger partial charge is 0.358 e. The molecule has 0 radical (unpaired) electrons. The number of hydrogen-bond donors (Lipinski definition) is 1. The van der Waals surface area contributed by atoms with E-state index in [9.17, 15) is 9.59 Å². The van der Waals surface area contributed by atoms with Crippen molar-refractivity contribution in [2.45, 2.75) is 19.8 Å². The molecular formula is C12H15NO5. The van der Waals surface area contributed by atoms with Gasteiger partial charge < -0.3 is 14.6 Å². The predicted molar refractivity (Wildman–Crippen MR) is 62.6 cm³/mol. The van der Waals surface area contributed by atoms with Gasteiger partial charge in [-0.05, 0) is 25.5 Å². The van der Waals surface area contributed by atoms with Crippen molar-refractivity contribution in [3.63, 3.8) is 0 Å². The number of aromatic carboxylic acids is 1. The maximum Gasteiger partial charge on any atom is 0.358 e. The third kappa shape index (κ3) is 4.40. The molecule has 0 fully saturated rings. The van der Waals surface area contributed by atoms with E-state index < -0.39 is 5.97 Å². The Morgan fingerprint density at radius 3 is 2.89 bits per heavy atom. The van der Waals surface area contributed by atoms with Crippen molar-refractivity contribution >= 4 is 11.9 Å². The zero-order valence-electron chi connectivity index (χ0n) is 10.1. The van der Waals surface area contributed by atoms with Crippen molar-refractivity contribution in [3.05, 3.63) is 24.0 Å². The average Bonchev–Trinajstić information content (AvgIpc) is 2.35. The van der Waals surface area contributed by atoms with E-state index in [0.717, 1.165) is 0 Å². The molecule has 98 valence electrons. The summed E-state index contributed by atoms with van der Waals surface area (Å²) in [4.78, 5) is 25.6. The molecule has 0 aliphatic rings. The number of hydrogen-bond acceptors (Lipinski definition) is 5. The second kappa shape index (κ2) is 7.26. The minimum Gasteiger partial charge on any atom is -0.491 e. The Bertz CT molecular complexity index is 419. The first-order chi connectivity index (χ1) is 8.65.